The predicted molar refractivity (Wildman–Crippen MR) is 80.5 cm³/mol. The van der Waals surface area contributed by atoms with Crippen molar-refractivity contribution in [3.8, 4) is 6.07 Å². The number of carbonyl (C=O) groups is 2. The first kappa shape index (κ1) is 13.9. The molecule has 0 aliphatic heterocycles. The highest BCUT2D eigenvalue weighted by Gasteiger charge is 2.29. The van der Waals surface area contributed by atoms with E-state index in [0.29, 0.717) is 33.5 Å². The minimum Gasteiger partial charge on any atom is -0.289 e. The first-order valence-electron chi connectivity index (χ1n) is 6.85. The molecule has 0 spiro atoms. The summed E-state index contributed by atoms with van der Waals surface area (Å²) in [6.45, 7) is 1.68. The van der Waals surface area contributed by atoms with Crippen molar-refractivity contribution >= 4 is 11.6 Å². The van der Waals surface area contributed by atoms with Gasteiger partial charge in [0.25, 0.3) is 0 Å². The molecule has 1 aliphatic carbocycles. The van der Waals surface area contributed by atoms with Gasteiger partial charge in [0, 0.05) is 40.6 Å². The molecule has 1 aromatic heterocycles. The van der Waals surface area contributed by atoms with Gasteiger partial charge in [-0.05, 0) is 19.1 Å². The van der Waals surface area contributed by atoms with Crippen molar-refractivity contribution in [3.63, 3.8) is 0 Å². The molecular weight excluding hydrogens is 276 g/mol. The van der Waals surface area contributed by atoms with E-state index in [-0.39, 0.29) is 18.0 Å². The van der Waals surface area contributed by atoms with Gasteiger partial charge in [-0.1, -0.05) is 24.3 Å². The molecule has 1 aliphatic rings. The summed E-state index contributed by atoms with van der Waals surface area (Å²) < 4.78 is 0. The van der Waals surface area contributed by atoms with E-state index >= 15 is 0 Å². The molecule has 0 saturated carbocycles. The van der Waals surface area contributed by atoms with E-state index in [2.05, 4.69) is 4.98 Å². The van der Waals surface area contributed by atoms with Crippen molar-refractivity contribution < 1.29 is 9.59 Å². The molecule has 4 nitrogen and oxygen atoms in total. The summed E-state index contributed by atoms with van der Waals surface area (Å²) in [7, 11) is 0. The van der Waals surface area contributed by atoms with Gasteiger partial charge in [0.05, 0.1) is 5.56 Å². The fourth-order valence-corrected chi connectivity index (χ4v) is 2.54. The monoisotopic (exact) mass is 288 g/mol. The number of benzene rings is 1. The van der Waals surface area contributed by atoms with Crippen LogP contribution in [-0.4, -0.2) is 16.6 Å². The second kappa shape index (κ2) is 5.38. The summed E-state index contributed by atoms with van der Waals surface area (Å²) in [5, 5.41) is 8.78. The van der Waals surface area contributed by atoms with E-state index in [9.17, 15) is 9.59 Å². The second-order valence-corrected chi connectivity index (χ2v) is 5.13. The van der Waals surface area contributed by atoms with Gasteiger partial charge in [-0.25, -0.2) is 0 Å². The van der Waals surface area contributed by atoms with Crippen molar-refractivity contribution in [1.82, 2.24) is 4.98 Å². The third-order valence-electron chi connectivity index (χ3n) is 3.80. The smallest absolute Gasteiger partial charge is 0.190 e. The van der Waals surface area contributed by atoms with Crippen LogP contribution in [0.15, 0.2) is 53.7 Å². The molecule has 106 valence electrons. The van der Waals surface area contributed by atoms with Gasteiger partial charge >= 0.3 is 0 Å². The molecule has 0 bridgehead atoms. The lowest BCUT2D eigenvalue weighted by Crippen LogP contribution is -2.22. The van der Waals surface area contributed by atoms with Crippen LogP contribution in [0, 0.1) is 11.3 Å². The average molecular weight is 288 g/mol. The predicted octanol–water partition coefficient (Wildman–Crippen LogP) is 2.89. The molecule has 0 unspecified atom stereocenters. The summed E-state index contributed by atoms with van der Waals surface area (Å²) in [4.78, 5) is 29.2. The van der Waals surface area contributed by atoms with Gasteiger partial charge in [0.2, 0.25) is 0 Å². The highest BCUT2D eigenvalue weighted by molar-refractivity contribution is 6.26. The quantitative estimate of drug-likeness (QED) is 0.852. The first-order valence-corrected chi connectivity index (χ1v) is 6.85. The first-order chi connectivity index (χ1) is 10.6. The Balaban J connectivity index is 2.00. The fraction of sp³-hybridized carbons (Fsp3) is 0.111. The minimum absolute atomic E-state index is 0.112. The van der Waals surface area contributed by atoms with Crippen LogP contribution in [0.2, 0.25) is 0 Å². The largest absolute Gasteiger partial charge is 0.289 e. The van der Waals surface area contributed by atoms with Crippen LogP contribution in [0.3, 0.4) is 0 Å². The van der Waals surface area contributed by atoms with Crippen molar-refractivity contribution in [1.29, 1.82) is 5.26 Å². The number of rotatable bonds is 2. The zero-order valence-corrected chi connectivity index (χ0v) is 12.0. The van der Waals surface area contributed by atoms with E-state index in [4.69, 9.17) is 5.26 Å². The Hall–Kier alpha value is -3.06. The molecule has 0 fully saturated rings. The van der Waals surface area contributed by atoms with E-state index in [1.54, 1.807) is 43.3 Å². The lowest BCUT2D eigenvalue weighted by Gasteiger charge is -2.18. The third-order valence-corrected chi connectivity index (χ3v) is 3.80. The van der Waals surface area contributed by atoms with E-state index < -0.39 is 0 Å². The van der Waals surface area contributed by atoms with Crippen LogP contribution < -0.4 is 0 Å². The maximum Gasteiger partial charge on any atom is 0.190 e. The van der Waals surface area contributed by atoms with Crippen LogP contribution >= 0.6 is 0 Å². The second-order valence-electron chi connectivity index (χ2n) is 5.13. The molecular formula is C18H12N2O2. The van der Waals surface area contributed by atoms with Crippen LogP contribution in [0.4, 0.5) is 0 Å². The number of hydrogen-bond donors (Lipinski definition) is 0. The van der Waals surface area contributed by atoms with E-state index in [1.807, 2.05) is 6.07 Å². The molecule has 1 heterocycles. The molecule has 22 heavy (non-hydrogen) atoms. The number of allylic oxidation sites excluding steroid dienone is 2. The molecule has 0 N–H and O–H groups in total. The molecule has 1 aromatic carbocycles. The Kier molecular flexibility index (Phi) is 3.40. The van der Waals surface area contributed by atoms with Crippen molar-refractivity contribution in [2.45, 2.75) is 13.3 Å². The fourth-order valence-electron chi connectivity index (χ4n) is 2.54. The van der Waals surface area contributed by atoms with E-state index in [0.717, 1.165) is 0 Å². The number of aromatic nitrogens is 1. The maximum absolute atomic E-state index is 12.6. The number of nitrogens with zero attached hydrogens (tertiary/aromatic N) is 2. The summed E-state index contributed by atoms with van der Waals surface area (Å²) in [6.07, 6.45) is 1.75. The van der Waals surface area contributed by atoms with Crippen LogP contribution in [0.5, 0.6) is 0 Å². The van der Waals surface area contributed by atoms with Crippen LogP contribution in [0.25, 0.3) is 0 Å². The topological polar surface area (TPSA) is 70.8 Å². The lowest BCUT2D eigenvalue weighted by atomic mass is 9.83. The highest BCUT2D eigenvalue weighted by atomic mass is 16.1. The summed E-state index contributed by atoms with van der Waals surface area (Å²) in [6, 6.07) is 12.2. The molecule has 0 saturated heterocycles. The molecule has 4 heteroatoms. The summed E-state index contributed by atoms with van der Waals surface area (Å²) >= 11 is 0. The summed E-state index contributed by atoms with van der Waals surface area (Å²) in [5.74, 6) is -0.238. The number of Topliss-reactive ketones (excluding diaryl/α,β-unsaturated/α-hetero) is 2. The van der Waals surface area contributed by atoms with Gasteiger partial charge in [0.15, 0.2) is 11.6 Å². The molecule has 0 atom stereocenters. The average Bonchev–Trinajstić information content (AvgIpc) is 2.57. The number of fused-ring (bicyclic) bond motifs is 1. The van der Waals surface area contributed by atoms with Crippen molar-refractivity contribution in [2.75, 3.05) is 0 Å². The van der Waals surface area contributed by atoms with Gasteiger partial charge in [-0.2, -0.15) is 5.26 Å². The number of carbonyl (C=O) groups excluding carboxylic acids is 2. The normalized spacial score (nSPS) is 13.8. The Morgan fingerprint density at radius 1 is 1.05 bits per heavy atom. The number of hydrogen-bond acceptors (Lipinski definition) is 4. The number of pyridine rings is 1. The van der Waals surface area contributed by atoms with Gasteiger partial charge in [-0.3, -0.25) is 14.6 Å². The SMILES string of the molecule is CC1=C(Cc2ccc(C#N)cn2)C(=O)c2ccccc2C1=O. The zero-order valence-electron chi connectivity index (χ0n) is 12.0. The molecule has 3 rings (SSSR count). The Bertz CT molecular complexity index is 855. The van der Waals surface area contributed by atoms with Crippen molar-refractivity contribution in [3.05, 3.63) is 76.1 Å². The number of nitriles is 1. The minimum atomic E-state index is -0.126. The van der Waals surface area contributed by atoms with Gasteiger partial charge in [-0.15, -0.1) is 0 Å². The lowest BCUT2D eigenvalue weighted by molar-refractivity contribution is 0.0973. The summed E-state index contributed by atoms with van der Waals surface area (Å²) in [5.41, 5.74) is 2.97. The van der Waals surface area contributed by atoms with Crippen LogP contribution in [-0.2, 0) is 6.42 Å². The zero-order chi connectivity index (χ0) is 15.7. The van der Waals surface area contributed by atoms with Gasteiger partial charge < -0.3 is 0 Å². The van der Waals surface area contributed by atoms with Gasteiger partial charge in [0.1, 0.15) is 6.07 Å². The maximum atomic E-state index is 12.6. The molecule has 2 aromatic rings. The van der Waals surface area contributed by atoms with Crippen LogP contribution in [0.1, 0.15) is 38.9 Å². The molecule has 0 radical (unpaired) electrons. The Morgan fingerprint density at radius 2 is 1.73 bits per heavy atom. The Morgan fingerprint density at radius 3 is 2.32 bits per heavy atom. The van der Waals surface area contributed by atoms with E-state index in [1.165, 1.54) is 6.20 Å². The third kappa shape index (κ3) is 2.23. The van der Waals surface area contributed by atoms with Crippen molar-refractivity contribution in [2.24, 2.45) is 0 Å². The Labute approximate surface area is 127 Å². The number of ketones is 2. The highest BCUT2D eigenvalue weighted by Crippen LogP contribution is 2.27. The molecule has 0 amide bonds. The standard InChI is InChI=1S/C18H12N2O2/c1-11-16(8-13-7-6-12(9-19)10-20-13)18(22)15-5-3-2-4-14(15)17(11)21/h2-7,10H,8H2,1H3.